The van der Waals surface area contributed by atoms with Crippen molar-refractivity contribution in [3.63, 3.8) is 0 Å². The fourth-order valence-electron chi connectivity index (χ4n) is 2.77. The Labute approximate surface area is 122 Å². The van der Waals surface area contributed by atoms with E-state index in [4.69, 9.17) is 9.47 Å². The quantitative estimate of drug-likeness (QED) is 0.900. The molecule has 20 heavy (non-hydrogen) atoms. The van der Waals surface area contributed by atoms with Crippen LogP contribution in [-0.4, -0.2) is 35.0 Å². The van der Waals surface area contributed by atoms with Gasteiger partial charge in [-0.15, -0.1) is 0 Å². The predicted octanol–water partition coefficient (Wildman–Crippen LogP) is 1.85. The summed E-state index contributed by atoms with van der Waals surface area (Å²) in [7, 11) is -0.749. The molecule has 0 unspecified atom stereocenters. The highest BCUT2D eigenvalue weighted by Crippen LogP contribution is 2.36. The van der Waals surface area contributed by atoms with Crippen LogP contribution in [0.1, 0.15) is 24.8 Å². The Morgan fingerprint density at radius 2 is 2.00 bits per heavy atom. The molecule has 0 saturated heterocycles. The number of rotatable bonds is 5. The molecule has 2 aliphatic rings. The molecule has 0 radical (unpaired) electrons. The second-order valence-electron chi connectivity index (χ2n) is 5.57. The normalized spacial score (nSPS) is 21.1. The summed E-state index contributed by atoms with van der Waals surface area (Å²) in [6.07, 6.45) is 5.17. The van der Waals surface area contributed by atoms with Gasteiger partial charge >= 0.3 is 0 Å². The number of hydrogen-bond donors (Lipinski definition) is 1. The van der Waals surface area contributed by atoms with Gasteiger partial charge in [0, 0.05) is 30.1 Å². The van der Waals surface area contributed by atoms with Crippen molar-refractivity contribution in [2.45, 2.75) is 30.6 Å². The summed E-state index contributed by atoms with van der Waals surface area (Å²) in [6.45, 7) is 2.83. The molecule has 5 heteroatoms. The van der Waals surface area contributed by atoms with Crippen molar-refractivity contribution < 1.29 is 13.7 Å². The Balaban J connectivity index is 1.57. The van der Waals surface area contributed by atoms with Gasteiger partial charge in [0.15, 0.2) is 11.5 Å². The van der Waals surface area contributed by atoms with Gasteiger partial charge in [0.25, 0.3) is 0 Å². The topological polar surface area (TPSA) is 47.6 Å². The van der Waals surface area contributed by atoms with Crippen LogP contribution >= 0.6 is 0 Å². The average molecular weight is 295 g/mol. The van der Waals surface area contributed by atoms with Gasteiger partial charge in [-0.3, -0.25) is 4.21 Å². The number of hydrogen-bond acceptors (Lipinski definition) is 4. The van der Waals surface area contributed by atoms with Crippen LogP contribution in [0, 0.1) is 0 Å². The van der Waals surface area contributed by atoms with Gasteiger partial charge in [-0.1, -0.05) is 12.5 Å². The van der Waals surface area contributed by atoms with E-state index in [1.54, 1.807) is 0 Å². The maximum Gasteiger partial charge on any atom is 0.161 e. The van der Waals surface area contributed by atoms with Crippen molar-refractivity contribution in [3.05, 3.63) is 23.8 Å². The highest BCUT2D eigenvalue weighted by Gasteiger charge is 2.40. The van der Waals surface area contributed by atoms with Crippen LogP contribution in [0.5, 0.6) is 11.5 Å². The van der Waals surface area contributed by atoms with Crippen molar-refractivity contribution in [2.24, 2.45) is 0 Å². The van der Waals surface area contributed by atoms with Crippen molar-refractivity contribution in [1.82, 2.24) is 5.32 Å². The molecule has 1 aromatic carbocycles. The molecule has 1 aromatic rings. The third-order valence-electron chi connectivity index (χ3n) is 4.26. The lowest BCUT2D eigenvalue weighted by Gasteiger charge is -2.40. The van der Waals surface area contributed by atoms with E-state index in [1.165, 1.54) is 12.0 Å². The lowest BCUT2D eigenvalue weighted by molar-refractivity contribution is 0.171. The van der Waals surface area contributed by atoms with E-state index in [-0.39, 0.29) is 4.75 Å². The Bertz CT molecular complexity index is 514. The molecule has 1 heterocycles. The summed E-state index contributed by atoms with van der Waals surface area (Å²) in [6, 6.07) is 6.04. The fraction of sp³-hybridized carbons (Fsp3) is 0.600. The minimum Gasteiger partial charge on any atom is -0.486 e. The molecule has 1 N–H and O–H groups in total. The van der Waals surface area contributed by atoms with Gasteiger partial charge in [0.2, 0.25) is 0 Å². The standard InChI is InChI=1S/C15H21NO3S/c1-20(17)15(5-2-6-15)11-16-10-12-3-4-13-14(9-12)19-8-7-18-13/h3-4,9,16H,2,5-8,10-11H2,1H3/t20-/m1/s1. The molecule has 110 valence electrons. The molecule has 0 amide bonds. The first kappa shape index (κ1) is 13.9. The van der Waals surface area contributed by atoms with Crippen LogP contribution in [0.25, 0.3) is 0 Å². The summed E-state index contributed by atoms with van der Waals surface area (Å²) >= 11 is 0. The molecule has 0 spiro atoms. The van der Waals surface area contributed by atoms with Crippen molar-refractivity contribution in [1.29, 1.82) is 0 Å². The Morgan fingerprint density at radius 3 is 2.65 bits per heavy atom. The van der Waals surface area contributed by atoms with Gasteiger partial charge < -0.3 is 14.8 Å². The lowest BCUT2D eigenvalue weighted by atomic mass is 9.84. The molecule has 1 atom stereocenters. The monoisotopic (exact) mass is 295 g/mol. The summed E-state index contributed by atoms with van der Waals surface area (Å²) in [5.74, 6) is 1.65. The van der Waals surface area contributed by atoms with Crippen LogP contribution in [0.15, 0.2) is 18.2 Å². The van der Waals surface area contributed by atoms with Crippen LogP contribution in [0.3, 0.4) is 0 Å². The highest BCUT2D eigenvalue weighted by atomic mass is 32.2. The van der Waals surface area contributed by atoms with Gasteiger partial charge in [-0.05, 0) is 30.5 Å². The zero-order chi connectivity index (χ0) is 14.0. The Kier molecular flexibility index (Phi) is 3.98. The number of benzene rings is 1. The van der Waals surface area contributed by atoms with E-state index in [9.17, 15) is 4.21 Å². The van der Waals surface area contributed by atoms with Crippen LogP contribution in [0.2, 0.25) is 0 Å². The third kappa shape index (κ3) is 2.69. The summed E-state index contributed by atoms with van der Waals surface area (Å²) in [5.41, 5.74) is 1.17. The maximum atomic E-state index is 11.8. The number of nitrogens with one attached hydrogen (secondary N) is 1. The molecular formula is C15H21NO3S. The van der Waals surface area contributed by atoms with Crippen LogP contribution < -0.4 is 14.8 Å². The summed E-state index contributed by atoms with van der Waals surface area (Å²) < 4.78 is 22.9. The lowest BCUT2D eigenvalue weighted by Crippen LogP contribution is -2.49. The molecule has 0 aromatic heterocycles. The van der Waals surface area contributed by atoms with Crippen LogP contribution in [0.4, 0.5) is 0 Å². The summed E-state index contributed by atoms with van der Waals surface area (Å²) in [4.78, 5) is 0. The molecule has 0 bridgehead atoms. The average Bonchev–Trinajstić information content (AvgIpc) is 2.41. The van der Waals surface area contributed by atoms with Gasteiger partial charge in [0.1, 0.15) is 13.2 Å². The minimum absolute atomic E-state index is 0.00776. The second-order valence-corrected chi connectivity index (χ2v) is 7.35. The first-order valence-electron chi connectivity index (χ1n) is 7.12. The maximum absolute atomic E-state index is 11.8. The molecular weight excluding hydrogens is 274 g/mol. The first-order valence-corrected chi connectivity index (χ1v) is 8.68. The van der Waals surface area contributed by atoms with Gasteiger partial charge in [0.05, 0.1) is 4.75 Å². The smallest absolute Gasteiger partial charge is 0.161 e. The molecule has 3 rings (SSSR count). The van der Waals surface area contributed by atoms with E-state index >= 15 is 0 Å². The van der Waals surface area contributed by atoms with Crippen molar-refractivity contribution >= 4 is 10.8 Å². The fourth-order valence-corrected chi connectivity index (χ4v) is 3.94. The van der Waals surface area contributed by atoms with E-state index in [1.807, 2.05) is 18.4 Å². The van der Waals surface area contributed by atoms with E-state index in [2.05, 4.69) is 11.4 Å². The molecule has 1 fully saturated rings. The van der Waals surface area contributed by atoms with Gasteiger partial charge in [-0.2, -0.15) is 0 Å². The van der Waals surface area contributed by atoms with E-state index in [0.717, 1.165) is 37.4 Å². The Morgan fingerprint density at radius 1 is 1.25 bits per heavy atom. The Hall–Kier alpha value is -1.07. The van der Waals surface area contributed by atoms with E-state index in [0.29, 0.717) is 13.2 Å². The van der Waals surface area contributed by atoms with Crippen molar-refractivity contribution in [2.75, 3.05) is 26.0 Å². The molecule has 4 nitrogen and oxygen atoms in total. The highest BCUT2D eigenvalue weighted by molar-refractivity contribution is 7.85. The second kappa shape index (κ2) is 5.74. The van der Waals surface area contributed by atoms with E-state index < -0.39 is 10.8 Å². The molecule has 1 aliphatic heterocycles. The molecule has 1 saturated carbocycles. The molecule has 1 aliphatic carbocycles. The number of fused-ring (bicyclic) bond motifs is 1. The largest absolute Gasteiger partial charge is 0.486 e. The minimum atomic E-state index is -0.749. The zero-order valence-corrected chi connectivity index (χ0v) is 12.6. The predicted molar refractivity (Wildman–Crippen MR) is 79.8 cm³/mol. The third-order valence-corrected chi connectivity index (χ3v) is 6.03. The summed E-state index contributed by atoms with van der Waals surface area (Å²) in [5, 5.41) is 3.44. The zero-order valence-electron chi connectivity index (χ0n) is 11.8. The first-order chi connectivity index (χ1) is 9.70. The number of ether oxygens (including phenoxy) is 2. The van der Waals surface area contributed by atoms with Crippen molar-refractivity contribution in [3.8, 4) is 11.5 Å². The van der Waals surface area contributed by atoms with Gasteiger partial charge in [-0.25, -0.2) is 0 Å². The van der Waals surface area contributed by atoms with Crippen LogP contribution in [-0.2, 0) is 17.3 Å². The SMILES string of the molecule is C[S@@](=O)C1(CNCc2ccc3c(c2)OCCO3)CCC1.